The Kier molecular flexibility index (Phi) is 13.5. The van der Waals surface area contributed by atoms with Gasteiger partial charge < -0.3 is 19.7 Å². The number of carbonyl (C=O) groups excluding carboxylic acids is 2. The maximum Gasteiger partial charge on any atom is 0.308 e. The number of likely N-dealkylation sites (N-methyl/N-ethyl adjacent to an activating group) is 1. The van der Waals surface area contributed by atoms with Gasteiger partial charge in [-0.05, 0) is 44.6 Å². The Morgan fingerprint density at radius 1 is 0.914 bits per heavy atom. The predicted octanol–water partition coefficient (Wildman–Crippen LogP) is 5.12. The molecule has 7 heteroatoms. The van der Waals surface area contributed by atoms with Gasteiger partial charge in [-0.3, -0.25) is 9.59 Å². The summed E-state index contributed by atoms with van der Waals surface area (Å²) >= 11 is 0. The molecule has 1 atom stereocenters. The van der Waals surface area contributed by atoms with Crippen molar-refractivity contribution in [1.82, 2.24) is 10.2 Å². The Labute approximate surface area is 208 Å². The average molecular weight is 487 g/mol. The van der Waals surface area contributed by atoms with E-state index in [1.54, 1.807) is 18.2 Å². The minimum absolute atomic E-state index is 0.0361. The van der Waals surface area contributed by atoms with Crippen LogP contribution in [0.3, 0.4) is 0 Å². The SMILES string of the molecule is CN(C)CC(CC(=O)OCc1ccccc1)NC(=O)CCCCCCCCOc1ccccc1F. The Morgan fingerprint density at radius 3 is 2.29 bits per heavy atom. The molecule has 1 unspecified atom stereocenters. The van der Waals surface area contributed by atoms with Gasteiger partial charge in [0.15, 0.2) is 11.6 Å². The summed E-state index contributed by atoms with van der Waals surface area (Å²) in [6.45, 7) is 1.31. The molecule has 0 heterocycles. The Morgan fingerprint density at radius 2 is 1.57 bits per heavy atom. The first-order chi connectivity index (χ1) is 16.9. The number of halogens is 1. The first-order valence-electron chi connectivity index (χ1n) is 12.4. The summed E-state index contributed by atoms with van der Waals surface area (Å²) in [5, 5.41) is 2.99. The predicted molar refractivity (Wildman–Crippen MR) is 136 cm³/mol. The zero-order valence-electron chi connectivity index (χ0n) is 21.0. The van der Waals surface area contributed by atoms with Gasteiger partial charge in [0.1, 0.15) is 6.61 Å². The third-order valence-corrected chi connectivity index (χ3v) is 5.50. The standard InChI is InChI=1S/C28H39FN2O4/c1-31(2)21-24(20-28(33)35-22-23-14-8-7-9-15-23)30-27(32)18-10-5-3-4-6-13-19-34-26-17-12-11-16-25(26)29/h7-9,11-12,14-17,24H,3-6,10,13,18-22H2,1-2H3,(H,30,32). The Bertz CT molecular complexity index is 876. The highest BCUT2D eigenvalue weighted by molar-refractivity contribution is 5.77. The lowest BCUT2D eigenvalue weighted by Gasteiger charge is -2.22. The normalized spacial score (nSPS) is 11.8. The molecule has 1 amide bonds. The van der Waals surface area contributed by atoms with Crippen molar-refractivity contribution in [3.63, 3.8) is 0 Å². The Balaban J connectivity index is 1.55. The van der Waals surface area contributed by atoms with Crippen molar-refractivity contribution in [3.8, 4) is 5.75 Å². The molecular weight excluding hydrogens is 447 g/mol. The fraction of sp³-hybridized carbons (Fsp3) is 0.500. The van der Waals surface area contributed by atoms with E-state index in [-0.39, 0.29) is 36.8 Å². The van der Waals surface area contributed by atoms with E-state index < -0.39 is 0 Å². The molecule has 0 radical (unpaired) electrons. The topological polar surface area (TPSA) is 67.9 Å². The lowest BCUT2D eigenvalue weighted by atomic mass is 10.1. The largest absolute Gasteiger partial charge is 0.491 e. The van der Waals surface area contributed by atoms with Crippen LogP contribution < -0.4 is 10.1 Å². The third kappa shape index (κ3) is 12.9. The quantitative estimate of drug-likeness (QED) is 0.248. The number of carbonyl (C=O) groups is 2. The molecule has 1 N–H and O–H groups in total. The average Bonchev–Trinajstić information content (AvgIpc) is 2.83. The molecule has 2 aromatic rings. The van der Waals surface area contributed by atoms with Gasteiger partial charge >= 0.3 is 5.97 Å². The van der Waals surface area contributed by atoms with E-state index in [9.17, 15) is 14.0 Å². The number of para-hydroxylation sites is 1. The minimum atomic E-state index is -0.331. The van der Waals surface area contributed by atoms with Gasteiger partial charge in [0, 0.05) is 13.0 Å². The van der Waals surface area contributed by atoms with Crippen molar-refractivity contribution in [3.05, 3.63) is 66.0 Å². The number of hydrogen-bond acceptors (Lipinski definition) is 5. The van der Waals surface area contributed by atoms with E-state index >= 15 is 0 Å². The Hall–Kier alpha value is -2.93. The van der Waals surface area contributed by atoms with Crippen molar-refractivity contribution in [2.75, 3.05) is 27.2 Å². The van der Waals surface area contributed by atoms with Gasteiger partial charge in [-0.2, -0.15) is 0 Å². The molecule has 2 aromatic carbocycles. The van der Waals surface area contributed by atoms with Crippen LogP contribution in [0.15, 0.2) is 54.6 Å². The summed E-state index contributed by atoms with van der Waals surface area (Å²) in [6, 6.07) is 15.7. The van der Waals surface area contributed by atoms with Crippen LogP contribution in [0.2, 0.25) is 0 Å². The first-order valence-corrected chi connectivity index (χ1v) is 12.4. The number of rotatable bonds is 17. The highest BCUT2D eigenvalue weighted by Gasteiger charge is 2.18. The highest BCUT2D eigenvalue weighted by atomic mass is 19.1. The second-order valence-electron chi connectivity index (χ2n) is 9.03. The number of unbranched alkanes of at least 4 members (excludes halogenated alkanes) is 5. The molecule has 2 rings (SSSR count). The second kappa shape index (κ2) is 16.7. The number of benzene rings is 2. The van der Waals surface area contributed by atoms with Gasteiger partial charge in [0.2, 0.25) is 5.91 Å². The fourth-order valence-corrected chi connectivity index (χ4v) is 3.74. The zero-order valence-corrected chi connectivity index (χ0v) is 21.0. The monoisotopic (exact) mass is 486 g/mol. The van der Waals surface area contributed by atoms with E-state index in [0.717, 1.165) is 44.1 Å². The van der Waals surface area contributed by atoms with Crippen LogP contribution >= 0.6 is 0 Å². The van der Waals surface area contributed by atoms with E-state index in [2.05, 4.69) is 5.32 Å². The molecule has 0 bridgehead atoms. The number of esters is 1. The lowest BCUT2D eigenvalue weighted by Crippen LogP contribution is -2.43. The maximum atomic E-state index is 13.5. The van der Waals surface area contributed by atoms with Crippen LogP contribution in [0, 0.1) is 5.82 Å². The third-order valence-electron chi connectivity index (χ3n) is 5.50. The summed E-state index contributed by atoms with van der Waals surface area (Å²) in [7, 11) is 3.83. The maximum absolute atomic E-state index is 13.5. The molecule has 0 aliphatic carbocycles. The fourth-order valence-electron chi connectivity index (χ4n) is 3.74. The van der Waals surface area contributed by atoms with Crippen LogP contribution in [-0.2, 0) is 20.9 Å². The van der Waals surface area contributed by atoms with Crippen molar-refractivity contribution in [1.29, 1.82) is 0 Å². The second-order valence-corrected chi connectivity index (χ2v) is 9.03. The van der Waals surface area contributed by atoms with Crippen LogP contribution in [-0.4, -0.2) is 50.1 Å². The van der Waals surface area contributed by atoms with Gasteiger partial charge in [-0.25, -0.2) is 4.39 Å². The summed E-state index contributed by atoms with van der Waals surface area (Å²) in [5.74, 6) is -0.385. The summed E-state index contributed by atoms with van der Waals surface area (Å²) in [6.07, 6.45) is 6.35. The molecule has 0 aliphatic rings. The van der Waals surface area contributed by atoms with Gasteiger partial charge in [-0.15, -0.1) is 0 Å². The molecule has 6 nitrogen and oxygen atoms in total. The lowest BCUT2D eigenvalue weighted by molar-refractivity contribution is -0.145. The van der Waals surface area contributed by atoms with E-state index in [0.29, 0.717) is 25.3 Å². The smallest absolute Gasteiger partial charge is 0.308 e. The van der Waals surface area contributed by atoms with Crippen LogP contribution in [0.4, 0.5) is 4.39 Å². The van der Waals surface area contributed by atoms with Crippen LogP contribution in [0.25, 0.3) is 0 Å². The number of hydrogen-bond donors (Lipinski definition) is 1. The summed E-state index contributed by atoms with van der Waals surface area (Å²) < 4.78 is 24.3. The number of amides is 1. The molecule has 0 saturated heterocycles. The molecule has 0 spiro atoms. The van der Waals surface area contributed by atoms with E-state index in [1.807, 2.05) is 49.3 Å². The molecular formula is C28H39FN2O4. The van der Waals surface area contributed by atoms with Gasteiger partial charge in [0.05, 0.1) is 19.1 Å². The molecule has 0 aromatic heterocycles. The van der Waals surface area contributed by atoms with Gasteiger partial charge in [-0.1, -0.05) is 68.1 Å². The number of nitrogens with zero attached hydrogens (tertiary/aromatic N) is 1. The molecule has 0 aliphatic heterocycles. The molecule has 35 heavy (non-hydrogen) atoms. The molecule has 192 valence electrons. The number of ether oxygens (including phenoxy) is 2. The van der Waals surface area contributed by atoms with Crippen molar-refractivity contribution in [2.24, 2.45) is 0 Å². The highest BCUT2D eigenvalue weighted by Crippen LogP contribution is 2.16. The van der Waals surface area contributed by atoms with E-state index in [1.165, 1.54) is 6.07 Å². The van der Waals surface area contributed by atoms with Crippen molar-refractivity contribution < 1.29 is 23.5 Å². The van der Waals surface area contributed by atoms with Crippen molar-refractivity contribution >= 4 is 11.9 Å². The number of nitrogens with one attached hydrogen (secondary N) is 1. The summed E-state index contributed by atoms with van der Waals surface area (Å²) in [5.41, 5.74) is 0.937. The van der Waals surface area contributed by atoms with E-state index in [4.69, 9.17) is 9.47 Å². The van der Waals surface area contributed by atoms with Gasteiger partial charge in [0.25, 0.3) is 0 Å². The minimum Gasteiger partial charge on any atom is -0.491 e. The summed E-state index contributed by atoms with van der Waals surface area (Å²) in [4.78, 5) is 26.6. The molecule has 0 saturated carbocycles. The first kappa shape index (κ1) is 28.3. The zero-order chi connectivity index (χ0) is 25.3. The van der Waals surface area contributed by atoms with Crippen molar-refractivity contribution in [2.45, 2.75) is 64.0 Å². The van der Waals surface area contributed by atoms with Crippen LogP contribution in [0.5, 0.6) is 5.75 Å². The van der Waals surface area contributed by atoms with Crippen LogP contribution in [0.1, 0.15) is 56.9 Å². The molecule has 0 fully saturated rings.